The Morgan fingerprint density at radius 2 is 2.06 bits per heavy atom. The quantitative estimate of drug-likeness (QED) is 0.851. The molecule has 2 rings (SSSR count). The van der Waals surface area contributed by atoms with Gasteiger partial charge >= 0.3 is 0 Å². The minimum Gasteiger partial charge on any atom is -0.356 e. The van der Waals surface area contributed by atoms with E-state index in [0.717, 1.165) is 23.5 Å². The number of nitrogens with zero attached hydrogens (tertiary/aromatic N) is 2. The first-order valence-electron chi connectivity index (χ1n) is 5.34. The predicted molar refractivity (Wildman–Crippen MR) is 73.5 cm³/mol. The summed E-state index contributed by atoms with van der Waals surface area (Å²) in [5.74, 6) is 1.08. The molecule has 1 N–H and O–H groups in total. The monoisotopic (exact) mass is 305 g/mol. The van der Waals surface area contributed by atoms with E-state index in [1.54, 1.807) is 0 Å². The summed E-state index contributed by atoms with van der Waals surface area (Å²) < 4.78 is 0.913. The molecule has 0 aromatic carbocycles. The lowest BCUT2D eigenvalue weighted by molar-refractivity contribution is 0.440. The minimum absolute atomic E-state index is 0. The SMILES string of the molecule is CNC1CCN(c2cccc(Br)n2)CC1.Cl. The summed E-state index contributed by atoms with van der Waals surface area (Å²) in [6, 6.07) is 6.75. The Morgan fingerprint density at radius 3 is 2.62 bits per heavy atom. The van der Waals surface area contributed by atoms with Crippen molar-refractivity contribution in [2.75, 3.05) is 25.0 Å². The topological polar surface area (TPSA) is 28.2 Å². The van der Waals surface area contributed by atoms with E-state index in [4.69, 9.17) is 0 Å². The van der Waals surface area contributed by atoms with Crippen LogP contribution in [-0.2, 0) is 0 Å². The predicted octanol–water partition coefficient (Wildman–Crippen LogP) is 2.45. The van der Waals surface area contributed by atoms with Gasteiger partial charge in [0.1, 0.15) is 10.4 Å². The van der Waals surface area contributed by atoms with Gasteiger partial charge < -0.3 is 10.2 Å². The molecule has 1 aliphatic rings. The van der Waals surface area contributed by atoms with Crippen LogP contribution >= 0.6 is 28.3 Å². The Balaban J connectivity index is 0.00000128. The van der Waals surface area contributed by atoms with E-state index in [2.05, 4.69) is 37.2 Å². The lowest BCUT2D eigenvalue weighted by atomic mass is 10.1. The van der Waals surface area contributed by atoms with Crippen molar-refractivity contribution in [1.82, 2.24) is 10.3 Å². The Labute approximate surface area is 111 Å². The number of nitrogens with one attached hydrogen (secondary N) is 1. The highest BCUT2D eigenvalue weighted by molar-refractivity contribution is 9.10. The molecule has 1 aromatic rings. The van der Waals surface area contributed by atoms with Gasteiger partial charge in [-0.15, -0.1) is 12.4 Å². The number of piperidine rings is 1. The van der Waals surface area contributed by atoms with Crippen molar-refractivity contribution in [2.24, 2.45) is 0 Å². The maximum absolute atomic E-state index is 4.47. The lowest BCUT2D eigenvalue weighted by Crippen LogP contribution is -2.41. The number of hydrogen-bond donors (Lipinski definition) is 1. The summed E-state index contributed by atoms with van der Waals surface area (Å²) in [6.07, 6.45) is 2.40. The van der Waals surface area contributed by atoms with Gasteiger partial charge in [0.15, 0.2) is 0 Å². The zero-order valence-corrected chi connectivity index (χ0v) is 11.7. The van der Waals surface area contributed by atoms with Crippen molar-refractivity contribution < 1.29 is 0 Å². The van der Waals surface area contributed by atoms with Crippen LogP contribution in [0.15, 0.2) is 22.8 Å². The van der Waals surface area contributed by atoms with E-state index in [9.17, 15) is 0 Å². The van der Waals surface area contributed by atoms with Gasteiger partial charge in [-0.25, -0.2) is 4.98 Å². The molecule has 0 atom stereocenters. The molecule has 0 bridgehead atoms. The number of pyridine rings is 1. The van der Waals surface area contributed by atoms with E-state index in [-0.39, 0.29) is 12.4 Å². The average Bonchev–Trinajstić information content (AvgIpc) is 2.29. The van der Waals surface area contributed by atoms with Crippen LogP contribution in [0.2, 0.25) is 0 Å². The van der Waals surface area contributed by atoms with Gasteiger partial charge in [-0.1, -0.05) is 6.07 Å². The van der Waals surface area contributed by atoms with Crippen LogP contribution in [0.1, 0.15) is 12.8 Å². The van der Waals surface area contributed by atoms with Crippen molar-refractivity contribution in [3.8, 4) is 0 Å². The summed E-state index contributed by atoms with van der Waals surface area (Å²) in [5, 5.41) is 3.33. The summed E-state index contributed by atoms with van der Waals surface area (Å²) in [6.45, 7) is 2.18. The van der Waals surface area contributed by atoms with Crippen LogP contribution in [0.5, 0.6) is 0 Å². The Morgan fingerprint density at radius 1 is 1.38 bits per heavy atom. The first kappa shape index (κ1) is 13.7. The summed E-state index contributed by atoms with van der Waals surface area (Å²) in [7, 11) is 2.04. The zero-order valence-electron chi connectivity index (χ0n) is 9.32. The fourth-order valence-electron chi connectivity index (χ4n) is 1.97. The molecule has 90 valence electrons. The minimum atomic E-state index is 0. The largest absolute Gasteiger partial charge is 0.356 e. The molecular formula is C11H17BrClN3. The second kappa shape index (κ2) is 6.42. The molecule has 1 saturated heterocycles. The molecule has 1 fully saturated rings. The molecule has 2 heterocycles. The first-order valence-corrected chi connectivity index (χ1v) is 6.13. The number of hydrogen-bond acceptors (Lipinski definition) is 3. The Bertz CT molecular complexity index is 327. The number of rotatable bonds is 2. The van der Waals surface area contributed by atoms with E-state index in [1.165, 1.54) is 12.8 Å². The molecule has 16 heavy (non-hydrogen) atoms. The number of aromatic nitrogens is 1. The third kappa shape index (κ3) is 3.34. The van der Waals surface area contributed by atoms with Gasteiger partial charge in [-0.2, -0.15) is 0 Å². The van der Waals surface area contributed by atoms with Crippen molar-refractivity contribution in [3.05, 3.63) is 22.8 Å². The van der Waals surface area contributed by atoms with Gasteiger partial charge in [0.25, 0.3) is 0 Å². The van der Waals surface area contributed by atoms with Crippen LogP contribution in [0.4, 0.5) is 5.82 Å². The summed E-state index contributed by atoms with van der Waals surface area (Å²) in [5.41, 5.74) is 0. The summed E-state index contributed by atoms with van der Waals surface area (Å²) in [4.78, 5) is 6.82. The molecule has 3 nitrogen and oxygen atoms in total. The zero-order chi connectivity index (χ0) is 10.7. The fourth-order valence-corrected chi connectivity index (χ4v) is 2.31. The number of anilines is 1. The van der Waals surface area contributed by atoms with Crippen molar-refractivity contribution in [2.45, 2.75) is 18.9 Å². The molecule has 1 aromatic heterocycles. The normalized spacial score (nSPS) is 17.0. The highest BCUT2D eigenvalue weighted by Crippen LogP contribution is 2.19. The van der Waals surface area contributed by atoms with E-state index < -0.39 is 0 Å². The van der Waals surface area contributed by atoms with Crippen LogP contribution in [0.3, 0.4) is 0 Å². The third-order valence-corrected chi connectivity index (χ3v) is 3.37. The van der Waals surface area contributed by atoms with Crippen LogP contribution in [0, 0.1) is 0 Å². The highest BCUT2D eigenvalue weighted by atomic mass is 79.9. The molecule has 0 aliphatic carbocycles. The fraction of sp³-hybridized carbons (Fsp3) is 0.545. The second-order valence-electron chi connectivity index (χ2n) is 3.87. The molecule has 5 heteroatoms. The molecule has 1 aliphatic heterocycles. The van der Waals surface area contributed by atoms with Crippen molar-refractivity contribution in [3.63, 3.8) is 0 Å². The molecule has 0 spiro atoms. The van der Waals surface area contributed by atoms with Gasteiger partial charge in [0.2, 0.25) is 0 Å². The van der Waals surface area contributed by atoms with Gasteiger partial charge in [0.05, 0.1) is 0 Å². The van der Waals surface area contributed by atoms with Gasteiger partial charge in [-0.3, -0.25) is 0 Å². The number of halogens is 2. The van der Waals surface area contributed by atoms with Crippen LogP contribution in [0.25, 0.3) is 0 Å². The molecule has 0 unspecified atom stereocenters. The first-order chi connectivity index (χ1) is 7.29. The Hall–Kier alpha value is -0.320. The lowest BCUT2D eigenvalue weighted by Gasteiger charge is -2.32. The maximum atomic E-state index is 4.47. The van der Waals surface area contributed by atoms with Crippen LogP contribution in [-0.4, -0.2) is 31.2 Å². The molecule has 0 amide bonds. The highest BCUT2D eigenvalue weighted by Gasteiger charge is 2.18. The van der Waals surface area contributed by atoms with Gasteiger partial charge in [0, 0.05) is 19.1 Å². The summed E-state index contributed by atoms with van der Waals surface area (Å²) >= 11 is 3.40. The van der Waals surface area contributed by atoms with E-state index in [0.29, 0.717) is 6.04 Å². The third-order valence-electron chi connectivity index (χ3n) is 2.93. The average molecular weight is 307 g/mol. The molecular weight excluding hydrogens is 289 g/mol. The smallest absolute Gasteiger partial charge is 0.129 e. The van der Waals surface area contributed by atoms with E-state index in [1.807, 2.05) is 19.2 Å². The maximum Gasteiger partial charge on any atom is 0.129 e. The van der Waals surface area contributed by atoms with Gasteiger partial charge in [-0.05, 0) is 48.0 Å². The van der Waals surface area contributed by atoms with Crippen LogP contribution < -0.4 is 10.2 Å². The van der Waals surface area contributed by atoms with E-state index >= 15 is 0 Å². The Kier molecular flexibility index (Phi) is 5.52. The van der Waals surface area contributed by atoms with Crippen molar-refractivity contribution >= 4 is 34.2 Å². The standard InChI is InChI=1S/C11H16BrN3.ClH/c1-13-9-5-7-15(8-6-9)11-4-2-3-10(12)14-11;/h2-4,9,13H,5-8H2,1H3;1H. The second-order valence-corrected chi connectivity index (χ2v) is 4.68. The van der Waals surface area contributed by atoms with Crippen molar-refractivity contribution in [1.29, 1.82) is 0 Å². The molecule has 0 radical (unpaired) electrons. The molecule has 0 saturated carbocycles.